The van der Waals surface area contributed by atoms with Crippen molar-refractivity contribution in [2.75, 3.05) is 19.5 Å². The first kappa shape index (κ1) is 15.9. The van der Waals surface area contributed by atoms with Crippen LogP contribution in [0.15, 0.2) is 48.0 Å². The molecule has 0 unspecified atom stereocenters. The number of pyridine rings is 1. The number of rotatable bonds is 5. The van der Waals surface area contributed by atoms with Gasteiger partial charge in [-0.3, -0.25) is 4.79 Å². The van der Waals surface area contributed by atoms with Gasteiger partial charge in [-0.15, -0.1) is 11.3 Å². The van der Waals surface area contributed by atoms with E-state index in [2.05, 4.69) is 15.3 Å². The third-order valence-electron chi connectivity index (χ3n) is 3.28. The molecule has 0 fully saturated rings. The Balaban J connectivity index is 1.72. The number of anilines is 1. The second-order valence-corrected chi connectivity index (χ2v) is 5.67. The van der Waals surface area contributed by atoms with Gasteiger partial charge in [-0.2, -0.15) is 0 Å². The summed E-state index contributed by atoms with van der Waals surface area (Å²) in [5, 5.41) is 5.26. The lowest BCUT2D eigenvalue weighted by molar-refractivity contribution is 0.102. The summed E-state index contributed by atoms with van der Waals surface area (Å²) in [5.41, 5.74) is 1.88. The zero-order chi connectivity index (χ0) is 16.9. The van der Waals surface area contributed by atoms with Gasteiger partial charge in [0.1, 0.15) is 16.5 Å². The number of benzene rings is 1. The van der Waals surface area contributed by atoms with Gasteiger partial charge in [0.2, 0.25) is 5.88 Å². The van der Waals surface area contributed by atoms with E-state index in [-0.39, 0.29) is 5.91 Å². The molecule has 0 saturated heterocycles. The number of hydrogen-bond acceptors (Lipinski definition) is 6. The number of thiazole rings is 1. The van der Waals surface area contributed by atoms with Gasteiger partial charge in [0.15, 0.2) is 0 Å². The van der Waals surface area contributed by atoms with Crippen molar-refractivity contribution in [3.8, 4) is 22.2 Å². The monoisotopic (exact) mass is 341 g/mol. The fraction of sp³-hybridized carbons (Fsp3) is 0.118. The van der Waals surface area contributed by atoms with Crippen molar-refractivity contribution in [1.82, 2.24) is 9.97 Å². The molecular formula is C17H15N3O3S. The van der Waals surface area contributed by atoms with Gasteiger partial charge in [-0.05, 0) is 30.3 Å². The Morgan fingerprint density at radius 3 is 2.50 bits per heavy atom. The summed E-state index contributed by atoms with van der Waals surface area (Å²) < 4.78 is 10.1. The van der Waals surface area contributed by atoms with Gasteiger partial charge in [0.05, 0.1) is 26.1 Å². The fourth-order valence-corrected chi connectivity index (χ4v) is 2.82. The van der Waals surface area contributed by atoms with Crippen LogP contribution in [0.1, 0.15) is 10.5 Å². The molecule has 122 valence electrons. The van der Waals surface area contributed by atoms with E-state index >= 15 is 0 Å². The molecule has 2 heterocycles. The highest BCUT2D eigenvalue weighted by atomic mass is 32.1. The Kier molecular flexibility index (Phi) is 4.72. The Labute approximate surface area is 143 Å². The van der Waals surface area contributed by atoms with Crippen LogP contribution in [0.3, 0.4) is 0 Å². The van der Waals surface area contributed by atoms with Gasteiger partial charge >= 0.3 is 0 Å². The van der Waals surface area contributed by atoms with E-state index < -0.39 is 0 Å². The van der Waals surface area contributed by atoms with Crippen LogP contribution in [0.4, 0.5) is 5.69 Å². The highest BCUT2D eigenvalue weighted by Crippen LogP contribution is 2.26. The lowest BCUT2D eigenvalue weighted by Crippen LogP contribution is -2.12. The molecule has 0 saturated carbocycles. The van der Waals surface area contributed by atoms with Crippen LogP contribution in [-0.4, -0.2) is 30.1 Å². The molecule has 1 aromatic carbocycles. The maximum atomic E-state index is 12.3. The van der Waals surface area contributed by atoms with Crippen molar-refractivity contribution in [2.45, 2.75) is 0 Å². The molecule has 3 aromatic rings. The number of nitrogens with one attached hydrogen (secondary N) is 1. The van der Waals surface area contributed by atoms with E-state index in [1.54, 1.807) is 24.6 Å². The molecule has 7 heteroatoms. The standard InChI is InChI=1S/C17H15N3O3S/c1-22-13-6-3-11(4-7-13)17-20-14(10-24-17)16(21)19-12-5-8-15(23-2)18-9-12/h3-10H,1-2H3,(H,19,21). The van der Waals surface area contributed by atoms with Crippen LogP contribution >= 0.6 is 11.3 Å². The molecular weight excluding hydrogens is 326 g/mol. The van der Waals surface area contributed by atoms with Crippen molar-refractivity contribution in [2.24, 2.45) is 0 Å². The van der Waals surface area contributed by atoms with E-state index in [4.69, 9.17) is 9.47 Å². The van der Waals surface area contributed by atoms with Gasteiger partial charge < -0.3 is 14.8 Å². The predicted molar refractivity (Wildman–Crippen MR) is 92.8 cm³/mol. The van der Waals surface area contributed by atoms with E-state index in [0.717, 1.165) is 16.3 Å². The van der Waals surface area contributed by atoms with Gasteiger partial charge in [0, 0.05) is 17.0 Å². The molecule has 6 nitrogen and oxygen atoms in total. The molecule has 0 aliphatic heterocycles. The van der Waals surface area contributed by atoms with Crippen molar-refractivity contribution < 1.29 is 14.3 Å². The molecule has 2 aromatic heterocycles. The quantitative estimate of drug-likeness (QED) is 0.769. The van der Waals surface area contributed by atoms with Crippen molar-refractivity contribution in [3.63, 3.8) is 0 Å². The van der Waals surface area contributed by atoms with E-state index in [1.165, 1.54) is 24.6 Å². The van der Waals surface area contributed by atoms with Crippen LogP contribution < -0.4 is 14.8 Å². The number of ether oxygens (including phenoxy) is 2. The van der Waals surface area contributed by atoms with E-state index in [0.29, 0.717) is 17.3 Å². The average molecular weight is 341 g/mol. The molecule has 0 radical (unpaired) electrons. The van der Waals surface area contributed by atoms with Gasteiger partial charge in [-0.1, -0.05) is 0 Å². The van der Waals surface area contributed by atoms with E-state index in [1.807, 2.05) is 24.3 Å². The molecule has 0 spiro atoms. The van der Waals surface area contributed by atoms with Gasteiger partial charge in [0.25, 0.3) is 5.91 Å². The Bertz CT molecular complexity index is 829. The largest absolute Gasteiger partial charge is 0.497 e. The Morgan fingerprint density at radius 2 is 1.88 bits per heavy atom. The highest BCUT2D eigenvalue weighted by molar-refractivity contribution is 7.13. The summed E-state index contributed by atoms with van der Waals surface area (Å²) in [6.45, 7) is 0. The zero-order valence-electron chi connectivity index (χ0n) is 13.1. The molecule has 1 N–H and O–H groups in total. The number of methoxy groups -OCH3 is 2. The number of carbonyl (C=O) groups is 1. The summed E-state index contributed by atoms with van der Waals surface area (Å²) in [6.07, 6.45) is 1.54. The van der Waals surface area contributed by atoms with Crippen LogP contribution in [0, 0.1) is 0 Å². The summed E-state index contributed by atoms with van der Waals surface area (Å²) in [5.74, 6) is 0.988. The topological polar surface area (TPSA) is 73.3 Å². The second kappa shape index (κ2) is 7.10. The van der Waals surface area contributed by atoms with Crippen molar-refractivity contribution in [1.29, 1.82) is 0 Å². The molecule has 24 heavy (non-hydrogen) atoms. The lowest BCUT2D eigenvalue weighted by Gasteiger charge is -2.03. The minimum atomic E-state index is -0.280. The first-order valence-corrected chi connectivity index (χ1v) is 7.99. The molecule has 3 rings (SSSR count). The minimum Gasteiger partial charge on any atom is -0.497 e. The van der Waals surface area contributed by atoms with Crippen LogP contribution in [0.25, 0.3) is 10.6 Å². The predicted octanol–water partition coefficient (Wildman–Crippen LogP) is 3.47. The number of carbonyl (C=O) groups excluding carboxylic acids is 1. The SMILES string of the molecule is COc1ccc(-c2nc(C(=O)Nc3ccc(OC)nc3)cs2)cc1. The zero-order valence-corrected chi connectivity index (χ0v) is 14.0. The van der Waals surface area contributed by atoms with Crippen molar-refractivity contribution >= 4 is 22.9 Å². The van der Waals surface area contributed by atoms with Gasteiger partial charge in [-0.25, -0.2) is 9.97 Å². The summed E-state index contributed by atoms with van der Waals surface area (Å²) in [6, 6.07) is 10.9. The highest BCUT2D eigenvalue weighted by Gasteiger charge is 2.12. The normalized spacial score (nSPS) is 10.2. The molecule has 0 aliphatic rings. The Hall–Kier alpha value is -2.93. The molecule has 0 atom stereocenters. The maximum absolute atomic E-state index is 12.3. The number of amides is 1. The first-order valence-electron chi connectivity index (χ1n) is 7.11. The second-order valence-electron chi connectivity index (χ2n) is 4.81. The van der Waals surface area contributed by atoms with Crippen LogP contribution in [-0.2, 0) is 0 Å². The average Bonchev–Trinajstić information content (AvgIpc) is 3.13. The number of nitrogens with zero attached hydrogens (tertiary/aromatic N) is 2. The minimum absolute atomic E-state index is 0.280. The third-order valence-corrected chi connectivity index (χ3v) is 4.17. The van der Waals surface area contributed by atoms with Crippen LogP contribution in [0.2, 0.25) is 0 Å². The summed E-state index contributed by atoms with van der Waals surface area (Å²) in [7, 11) is 3.16. The summed E-state index contributed by atoms with van der Waals surface area (Å²) >= 11 is 1.41. The van der Waals surface area contributed by atoms with Crippen molar-refractivity contribution in [3.05, 3.63) is 53.7 Å². The van der Waals surface area contributed by atoms with Crippen LogP contribution in [0.5, 0.6) is 11.6 Å². The maximum Gasteiger partial charge on any atom is 0.275 e. The number of hydrogen-bond donors (Lipinski definition) is 1. The Morgan fingerprint density at radius 1 is 1.08 bits per heavy atom. The molecule has 0 bridgehead atoms. The number of aromatic nitrogens is 2. The lowest BCUT2D eigenvalue weighted by atomic mass is 10.2. The summed E-state index contributed by atoms with van der Waals surface area (Å²) in [4.78, 5) is 20.7. The van der Waals surface area contributed by atoms with E-state index in [9.17, 15) is 4.79 Å². The third kappa shape index (κ3) is 3.52. The molecule has 1 amide bonds. The fourth-order valence-electron chi connectivity index (χ4n) is 2.01. The molecule has 0 aliphatic carbocycles. The first-order chi connectivity index (χ1) is 11.7. The smallest absolute Gasteiger partial charge is 0.275 e.